The zero-order valence-electron chi connectivity index (χ0n) is 41.8. The first-order valence-corrected chi connectivity index (χ1v) is 26.3. The molecule has 4 saturated heterocycles. The fourth-order valence-electron chi connectivity index (χ4n) is 9.68. The summed E-state index contributed by atoms with van der Waals surface area (Å²) in [5.41, 5.74) is 0.744. The third-order valence-corrected chi connectivity index (χ3v) is 16.3. The predicted molar refractivity (Wildman–Crippen MR) is 281 cm³/mol. The van der Waals surface area contributed by atoms with Gasteiger partial charge in [-0.05, 0) is 99.9 Å². The Morgan fingerprint density at radius 3 is 1.33 bits per heavy atom. The van der Waals surface area contributed by atoms with E-state index in [2.05, 4.69) is 31.9 Å². The van der Waals surface area contributed by atoms with E-state index in [0.29, 0.717) is 63.2 Å². The number of carbonyl (C=O) groups excluding carboxylic acids is 6. The van der Waals surface area contributed by atoms with Gasteiger partial charge in [-0.15, -0.1) is 48.3 Å². The van der Waals surface area contributed by atoms with Crippen LogP contribution in [0, 0.1) is 10.8 Å². The first-order chi connectivity index (χ1) is 32.5. The quantitative estimate of drug-likeness (QED) is 0.0943. The van der Waals surface area contributed by atoms with E-state index in [1.54, 1.807) is 61.3 Å². The molecule has 0 radical (unpaired) electrons. The molecule has 6 rings (SSSR count). The molecule has 390 valence electrons. The van der Waals surface area contributed by atoms with Gasteiger partial charge in [-0.1, -0.05) is 88.4 Å². The lowest BCUT2D eigenvalue weighted by atomic mass is 9.83. The minimum Gasteiger partial charge on any atom is -0.379 e. The molecule has 4 fully saturated rings. The number of hydrogen-bond donors (Lipinski definition) is 6. The van der Waals surface area contributed by atoms with Gasteiger partial charge in [-0.3, -0.25) is 28.8 Å². The summed E-state index contributed by atoms with van der Waals surface area (Å²) in [6, 6.07) is 14.6. The zero-order valence-corrected chi connectivity index (χ0v) is 45.1. The Morgan fingerprint density at radius 2 is 0.986 bits per heavy atom. The van der Waals surface area contributed by atoms with Crippen molar-refractivity contribution in [1.82, 2.24) is 41.7 Å². The number of carbonyl (C=O) groups is 6. The predicted octanol–water partition coefficient (Wildman–Crippen LogP) is 4.72. The summed E-state index contributed by atoms with van der Waals surface area (Å²) in [5.74, 6) is -0.106. The van der Waals surface area contributed by atoms with Crippen molar-refractivity contribution in [3.63, 3.8) is 0 Å². The number of ether oxygens (including phenoxy) is 2. The highest BCUT2D eigenvalue weighted by atomic mass is 35.5. The van der Waals surface area contributed by atoms with Crippen molar-refractivity contribution in [1.29, 1.82) is 0 Å². The average molecular weight is 1050 g/mol. The fourth-order valence-corrected chi connectivity index (χ4v) is 12.8. The molecule has 2 aromatic rings. The zero-order chi connectivity index (χ0) is 49.2. The molecular weight excluding hydrogens is 976 g/mol. The molecule has 20 heteroatoms. The van der Waals surface area contributed by atoms with E-state index >= 15 is 0 Å². The maximum atomic E-state index is 14.4. The van der Waals surface area contributed by atoms with E-state index in [-0.39, 0.29) is 84.2 Å². The van der Waals surface area contributed by atoms with Gasteiger partial charge in [-0.2, -0.15) is 0 Å². The van der Waals surface area contributed by atoms with Crippen molar-refractivity contribution in [3.8, 4) is 0 Å². The number of hydrogen-bond acceptors (Lipinski definition) is 12. The Labute approximate surface area is 435 Å². The second-order valence-electron chi connectivity index (χ2n) is 19.9. The summed E-state index contributed by atoms with van der Waals surface area (Å²) >= 11 is 3.32. The van der Waals surface area contributed by atoms with Gasteiger partial charge in [0.1, 0.15) is 24.2 Å². The molecule has 0 bridgehead atoms. The molecular formula is C50H76Cl2N8O8S2. The third-order valence-electron chi connectivity index (χ3n) is 13.8. The molecule has 6 N–H and O–H groups in total. The number of nitrogens with one attached hydrogen (secondary N) is 6. The number of benzene rings is 2. The van der Waals surface area contributed by atoms with Gasteiger partial charge >= 0.3 is 0 Å². The Balaban J connectivity index is 0.00000533. The van der Waals surface area contributed by atoms with E-state index in [1.165, 1.54) is 0 Å². The van der Waals surface area contributed by atoms with E-state index in [1.807, 2.05) is 88.4 Å². The number of fused-ring (bicyclic) bond motifs is 2. The van der Waals surface area contributed by atoms with Gasteiger partial charge in [0, 0.05) is 13.2 Å². The molecule has 4 aliphatic rings. The van der Waals surface area contributed by atoms with Gasteiger partial charge in [0.25, 0.3) is 0 Å². The van der Waals surface area contributed by atoms with Crippen LogP contribution in [0.4, 0.5) is 0 Å². The third kappa shape index (κ3) is 14.5. The maximum Gasteiger partial charge on any atom is 0.246 e. The van der Waals surface area contributed by atoms with Crippen LogP contribution in [0.1, 0.15) is 103 Å². The highest BCUT2D eigenvalue weighted by molar-refractivity contribution is 8.00. The molecule has 0 spiro atoms. The monoisotopic (exact) mass is 1050 g/mol. The standard InChI is InChI=1S/C50H74N8O8S2.2ClH/c1-31(51-7)43(59)53-35-21-25-67-39-27-49(3,4)41(57(39)47(35)63)45(61)55-37(33-17-11-9-12-18-33)29-65-23-15-16-24-66-30-38(34-19-13-10-14-20-34)56-46(62)42-50(5,6)28-40-58(42)48(64)36(22-26-68-40)54-44(60)32(2)52-8;;/h9-14,17-20,31-32,35-42,51-52H,15-16,21-30H2,1-8H3,(H,53,59)(H,54,60)(H,55,61)(H,56,62);2*1H/t31-,32-,35-,36-,37+,38+,39-,40-,41+,42+;;/m0../s1. The lowest BCUT2D eigenvalue weighted by Crippen LogP contribution is -2.58. The van der Waals surface area contributed by atoms with E-state index in [9.17, 15) is 28.8 Å². The van der Waals surface area contributed by atoms with Crippen molar-refractivity contribution in [2.75, 3.05) is 52.0 Å². The van der Waals surface area contributed by atoms with Gasteiger partial charge in [0.15, 0.2) is 0 Å². The summed E-state index contributed by atoms with van der Waals surface area (Å²) in [6.45, 7) is 12.9. The largest absolute Gasteiger partial charge is 0.379 e. The summed E-state index contributed by atoms with van der Waals surface area (Å²) in [5, 5.41) is 17.8. The molecule has 6 amide bonds. The van der Waals surface area contributed by atoms with E-state index < -0.39 is 59.2 Å². The van der Waals surface area contributed by atoms with Crippen molar-refractivity contribution < 1.29 is 38.2 Å². The topological polar surface area (TPSA) is 200 Å². The average Bonchev–Trinajstić information content (AvgIpc) is 3.64. The lowest BCUT2D eigenvalue weighted by molar-refractivity contribution is -0.144. The molecule has 2 aromatic carbocycles. The van der Waals surface area contributed by atoms with Crippen LogP contribution < -0.4 is 31.9 Å². The summed E-state index contributed by atoms with van der Waals surface area (Å²) < 4.78 is 12.4. The molecule has 16 nitrogen and oxygen atoms in total. The van der Waals surface area contributed by atoms with Crippen LogP contribution in [-0.2, 0) is 38.2 Å². The number of amides is 6. The maximum absolute atomic E-state index is 14.4. The van der Waals surface area contributed by atoms with Crippen LogP contribution >= 0.6 is 48.3 Å². The summed E-state index contributed by atoms with van der Waals surface area (Å²) in [4.78, 5) is 86.1. The number of rotatable bonds is 21. The van der Waals surface area contributed by atoms with Crippen LogP contribution in [0.2, 0.25) is 0 Å². The lowest BCUT2D eigenvalue weighted by Gasteiger charge is -2.35. The Morgan fingerprint density at radius 1 is 0.629 bits per heavy atom. The Bertz CT molecular complexity index is 1920. The van der Waals surface area contributed by atoms with Gasteiger partial charge < -0.3 is 51.2 Å². The smallest absolute Gasteiger partial charge is 0.246 e. The SMILES string of the molecule is CN[C@@H](C)C(=O)N[C@H]1CCS[C@H]2CC(C)(C)[C@@H](C(=O)N[C@H](COCCCCOC[C@@H](NC(=O)[C@H]3N4C(=O)[C@@H](NC(=O)[C@H](C)NC)CCS[C@H]4CC3(C)C)c3ccccc3)c3ccccc3)N2C1=O.Cl.Cl. The van der Waals surface area contributed by atoms with Crippen LogP contribution in [0.15, 0.2) is 60.7 Å². The highest BCUT2D eigenvalue weighted by Crippen LogP contribution is 2.48. The molecule has 4 heterocycles. The Hall–Kier alpha value is -3.62. The number of halogens is 2. The molecule has 4 aliphatic heterocycles. The molecule has 0 saturated carbocycles. The fraction of sp³-hybridized carbons (Fsp3) is 0.640. The van der Waals surface area contributed by atoms with Gasteiger partial charge in [0.2, 0.25) is 35.4 Å². The van der Waals surface area contributed by atoms with Gasteiger partial charge in [0.05, 0.1) is 48.1 Å². The number of thioether (sulfide) groups is 2. The number of likely N-dealkylation sites (N-methyl/N-ethyl adjacent to an activating group) is 2. The molecule has 0 unspecified atom stereocenters. The van der Waals surface area contributed by atoms with Crippen LogP contribution in [-0.4, -0.2) is 144 Å². The van der Waals surface area contributed by atoms with Crippen LogP contribution in [0.25, 0.3) is 0 Å². The highest BCUT2D eigenvalue weighted by Gasteiger charge is 2.56. The first-order valence-electron chi connectivity index (χ1n) is 24.2. The normalized spacial score (nSPS) is 25.3. The first kappa shape index (κ1) is 58.9. The number of nitrogens with zero attached hydrogens (tertiary/aromatic N) is 2. The number of unbranched alkanes of at least 4 members (excludes halogenated alkanes) is 1. The minimum absolute atomic E-state index is 0. The summed E-state index contributed by atoms with van der Waals surface area (Å²) in [7, 11) is 3.40. The van der Waals surface area contributed by atoms with Crippen molar-refractivity contribution in [2.45, 2.75) is 139 Å². The van der Waals surface area contributed by atoms with Crippen LogP contribution in [0.3, 0.4) is 0 Å². The second-order valence-corrected chi connectivity index (χ2v) is 22.4. The van der Waals surface area contributed by atoms with Crippen molar-refractivity contribution in [3.05, 3.63) is 71.8 Å². The molecule has 70 heavy (non-hydrogen) atoms. The summed E-state index contributed by atoms with van der Waals surface area (Å²) in [6.07, 6.45) is 3.66. The van der Waals surface area contributed by atoms with E-state index in [0.717, 1.165) is 11.1 Å². The van der Waals surface area contributed by atoms with E-state index in [4.69, 9.17) is 9.47 Å². The van der Waals surface area contributed by atoms with Crippen molar-refractivity contribution >= 4 is 83.8 Å². The van der Waals surface area contributed by atoms with Gasteiger partial charge in [-0.25, -0.2) is 0 Å². The Kier molecular flexibility index (Phi) is 22.6. The second kappa shape index (κ2) is 26.9. The molecule has 0 aromatic heterocycles. The minimum atomic E-state index is -0.740. The molecule has 10 atom stereocenters. The molecule has 0 aliphatic carbocycles. The van der Waals surface area contributed by atoms with Crippen molar-refractivity contribution in [2.24, 2.45) is 10.8 Å². The van der Waals surface area contributed by atoms with Crippen LogP contribution in [0.5, 0.6) is 0 Å².